The Balaban J connectivity index is 2.02. The highest BCUT2D eigenvalue weighted by Crippen LogP contribution is 2.13. The lowest BCUT2D eigenvalue weighted by molar-refractivity contribution is -0.134. The molecule has 118 valence electrons. The van der Waals surface area contributed by atoms with E-state index < -0.39 is 6.04 Å². The van der Waals surface area contributed by atoms with Gasteiger partial charge in [0.1, 0.15) is 5.78 Å². The SMILES string of the molecule is C=CCCCCCCCCC(=O)NC1CCC(=O)CC1=O. The van der Waals surface area contributed by atoms with Gasteiger partial charge in [-0.1, -0.05) is 31.8 Å². The molecule has 0 radical (unpaired) electrons. The molecule has 0 aliphatic heterocycles. The fraction of sp³-hybridized carbons (Fsp3) is 0.706. The molecular weight excluding hydrogens is 266 g/mol. The van der Waals surface area contributed by atoms with E-state index in [4.69, 9.17) is 0 Å². The van der Waals surface area contributed by atoms with E-state index in [0.717, 1.165) is 25.7 Å². The molecule has 1 N–H and O–H groups in total. The monoisotopic (exact) mass is 293 g/mol. The van der Waals surface area contributed by atoms with Crippen LogP contribution in [0.25, 0.3) is 0 Å². The zero-order chi connectivity index (χ0) is 15.5. The Labute approximate surface area is 127 Å². The first-order chi connectivity index (χ1) is 10.1. The molecule has 21 heavy (non-hydrogen) atoms. The van der Waals surface area contributed by atoms with Crippen LogP contribution < -0.4 is 5.32 Å². The van der Waals surface area contributed by atoms with Crippen molar-refractivity contribution < 1.29 is 14.4 Å². The topological polar surface area (TPSA) is 63.2 Å². The molecule has 0 heterocycles. The maximum Gasteiger partial charge on any atom is 0.220 e. The molecule has 4 heteroatoms. The van der Waals surface area contributed by atoms with Crippen molar-refractivity contribution in [1.29, 1.82) is 0 Å². The molecule has 0 aromatic heterocycles. The minimum atomic E-state index is -0.436. The lowest BCUT2D eigenvalue weighted by atomic mass is 9.93. The van der Waals surface area contributed by atoms with Crippen molar-refractivity contribution in [3.05, 3.63) is 12.7 Å². The molecule has 1 amide bonds. The third-order valence-electron chi connectivity index (χ3n) is 3.87. The molecule has 0 aromatic carbocycles. The van der Waals surface area contributed by atoms with Gasteiger partial charge in [0, 0.05) is 12.8 Å². The molecule has 1 aliphatic rings. The minimum Gasteiger partial charge on any atom is -0.346 e. The zero-order valence-electron chi connectivity index (χ0n) is 12.9. The molecule has 0 spiro atoms. The summed E-state index contributed by atoms with van der Waals surface area (Å²) < 4.78 is 0. The Kier molecular flexibility index (Phi) is 8.63. The summed E-state index contributed by atoms with van der Waals surface area (Å²) >= 11 is 0. The summed E-state index contributed by atoms with van der Waals surface area (Å²) in [5, 5.41) is 2.76. The Morgan fingerprint density at radius 1 is 1.14 bits per heavy atom. The summed E-state index contributed by atoms with van der Waals surface area (Å²) in [4.78, 5) is 34.5. The second kappa shape index (κ2) is 10.3. The van der Waals surface area contributed by atoms with Crippen LogP contribution in [-0.4, -0.2) is 23.5 Å². The maximum atomic E-state index is 11.8. The number of hydrogen-bond acceptors (Lipinski definition) is 3. The predicted molar refractivity (Wildman–Crippen MR) is 82.9 cm³/mol. The number of carbonyl (C=O) groups excluding carboxylic acids is 3. The summed E-state index contributed by atoms with van der Waals surface area (Å²) in [6.07, 6.45) is 11.1. The number of ketones is 2. The van der Waals surface area contributed by atoms with Gasteiger partial charge < -0.3 is 5.32 Å². The van der Waals surface area contributed by atoms with Gasteiger partial charge in [-0.05, 0) is 25.7 Å². The van der Waals surface area contributed by atoms with Crippen LogP contribution in [0.2, 0.25) is 0 Å². The van der Waals surface area contributed by atoms with Crippen molar-refractivity contribution in [3.8, 4) is 0 Å². The van der Waals surface area contributed by atoms with E-state index in [0.29, 0.717) is 19.3 Å². The highest BCUT2D eigenvalue weighted by Gasteiger charge is 2.27. The minimum absolute atomic E-state index is 0.0121. The second-order valence-corrected chi connectivity index (χ2v) is 5.79. The highest BCUT2D eigenvalue weighted by molar-refractivity contribution is 6.05. The quantitative estimate of drug-likeness (QED) is 0.382. The molecule has 0 bridgehead atoms. The molecule has 0 saturated heterocycles. The molecule has 1 atom stereocenters. The van der Waals surface area contributed by atoms with Crippen LogP contribution in [-0.2, 0) is 14.4 Å². The van der Waals surface area contributed by atoms with Gasteiger partial charge >= 0.3 is 0 Å². The summed E-state index contributed by atoms with van der Waals surface area (Å²) in [5.41, 5.74) is 0. The van der Waals surface area contributed by atoms with E-state index in [2.05, 4.69) is 11.9 Å². The van der Waals surface area contributed by atoms with Gasteiger partial charge in [0.15, 0.2) is 5.78 Å². The molecule has 1 rings (SSSR count). The van der Waals surface area contributed by atoms with Crippen LogP contribution in [0.15, 0.2) is 12.7 Å². The van der Waals surface area contributed by atoms with Crippen LogP contribution in [0.3, 0.4) is 0 Å². The maximum absolute atomic E-state index is 11.8. The van der Waals surface area contributed by atoms with Crippen LogP contribution in [0.1, 0.15) is 70.6 Å². The van der Waals surface area contributed by atoms with Crippen molar-refractivity contribution in [3.63, 3.8) is 0 Å². The van der Waals surface area contributed by atoms with Crippen molar-refractivity contribution >= 4 is 17.5 Å². The standard InChI is InChI=1S/C17H27NO3/c1-2-3-4-5-6-7-8-9-10-17(21)18-15-12-11-14(19)13-16(15)20/h2,15H,1,3-13H2,(H,18,21). The molecule has 4 nitrogen and oxygen atoms in total. The molecule has 1 unspecified atom stereocenters. The fourth-order valence-electron chi connectivity index (χ4n) is 2.57. The Bertz CT molecular complexity index is 376. The first-order valence-corrected chi connectivity index (χ1v) is 8.08. The van der Waals surface area contributed by atoms with Crippen molar-refractivity contribution in [2.75, 3.05) is 0 Å². The lowest BCUT2D eigenvalue weighted by Gasteiger charge is -2.20. The number of unbranched alkanes of at least 4 members (excludes halogenated alkanes) is 6. The summed E-state index contributed by atoms with van der Waals surface area (Å²) in [6, 6.07) is -0.436. The predicted octanol–water partition coefficient (Wildman–Crippen LogP) is 3.10. The Morgan fingerprint density at radius 3 is 2.48 bits per heavy atom. The normalized spacial score (nSPS) is 18.6. The molecule has 1 fully saturated rings. The van der Waals surface area contributed by atoms with Gasteiger partial charge in [-0.15, -0.1) is 6.58 Å². The average molecular weight is 293 g/mol. The third kappa shape index (κ3) is 7.78. The molecule has 1 saturated carbocycles. The van der Waals surface area contributed by atoms with Crippen LogP contribution in [0.5, 0.6) is 0 Å². The number of rotatable bonds is 10. The van der Waals surface area contributed by atoms with Crippen molar-refractivity contribution in [2.45, 2.75) is 76.7 Å². The van der Waals surface area contributed by atoms with Gasteiger partial charge in [0.05, 0.1) is 12.5 Å². The van der Waals surface area contributed by atoms with E-state index in [-0.39, 0.29) is 23.9 Å². The zero-order valence-corrected chi connectivity index (χ0v) is 12.9. The number of nitrogens with one attached hydrogen (secondary N) is 1. The summed E-state index contributed by atoms with van der Waals surface area (Å²) in [7, 11) is 0. The third-order valence-corrected chi connectivity index (χ3v) is 3.87. The van der Waals surface area contributed by atoms with Crippen molar-refractivity contribution in [1.82, 2.24) is 5.32 Å². The number of carbonyl (C=O) groups is 3. The van der Waals surface area contributed by atoms with E-state index in [1.165, 1.54) is 19.3 Å². The summed E-state index contributed by atoms with van der Waals surface area (Å²) in [5.74, 6) is -0.210. The first kappa shape index (κ1) is 17.6. The first-order valence-electron chi connectivity index (χ1n) is 8.08. The van der Waals surface area contributed by atoms with E-state index in [9.17, 15) is 14.4 Å². The van der Waals surface area contributed by atoms with Gasteiger partial charge in [0.2, 0.25) is 5.91 Å². The van der Waals surface area contributed by atoms with Gasteiger partial charge in [0.25, 0.3) is 0 Å². The van der Waals surface area contributed by atoms with Crippen LogP contribution >= 0.6 is 0 Å². The molecule has 1 aliphatic carbocycles. The van der Waals surface area contributed by atoms with Gasteiger partial charge in [-0.2, -0.15) is 0 Å². The molecular formula is C17H27NO3. The number of amides is 1. The number of Topliss-reactive ketones (excluding diaryl/α,β-unsaturated/α-hetero) is 2. The van der Waals surface area contributed by atoms with Gasteiger partial charge in [-0.25, -0.2) is 0 Å². The van der Waals surface area contributed by atoms with Crippen molar-refractivity contribution in [2.24, 2.45) is 0 Å². The van der Waals surface area contributed by atoms with Crippen LogP contribution in [0, 0.1) is 0 Å². The van der Waals surface area contributed by atoms with Crippen LogP contribution in [0.4, 0.5) is 0 Å². The van der Waals surface area contributed by atoms with E-state index >= 15 is 0 Å². The van der Waals surface area contributed by atoms with E-state index in [1.54, 1.807) is 0 Å². The number of allylic oxidation sites excluding steroid dienone is 1. The van der Waals surface area contributed by atoms with E-state index in [1.807, 2.05) is 6.08 Å². The second-order valence-electron chi connectivity index (χ2n) is 5.79. The average Bonchev–Trinajstić information content (AvgIpc) is 2.45. The Hall–Kier alpha value is -1.45. The largest absolute Gasteiger partial charge is 0.346 e. The molecule has 0 aromatic rings. The summed E-state index contributed by atoms with van der Waals surface area (Å²) in [6.45, 7) is 3.70. The number of hydrogen-bond donors (Lipinski definition) is 1. The smallest absolute Gasteiger partial charge is 0.220 e. The lowest BCUT2D eigenvalue weighted by Crippen LogP contribution is -2.44. The Morgan fingerprint density at radius 2 is 1.81 bits per heavy atom. The van der Waals surface area contributed by atoms with Gasteiger partial charge in [-0.3, -0.25) is 14.4 Å². The highest BCUT2D eigenvalue weighted by atomic mass is 16.2. The fourth-order valence-corrected chi connectivity index (χ4v) is 2.57.